The van der Waals surface area contributed by atoms with Crippen molar-refractivity contribution in [1.29, 1.82) is 0 Å². The lowest BCUT2D eigenvalue weighted by atomic mass is 9.84. The van der Waals surface area contributed by atoms with E-state index in [0.29, 0.717) is 6.54 Å². The van der Waals surface area contributed by atoms with E-state index in [4.69, 9.17) is 11.6 Å². The first-order chi connectivity index (χ1) is 9.70. The number of rotatable bonds is 3. The topological polar surface area (TPSA) is 49.4 Å². The van der Waals surface area contributed by atoms with Crippen LogP contribution in [0, 0.1) is 5.41 Å². The van der Waals surface area contributed by atoms with Crippen LogP contribution < -0.4 is 5.32 Å². The van der Waals surface area contributed by atoms with Crippen molar-refractivity contribution in [2.45, 2.75) is 46.2 Å². The second-order valence-electron chi connectivity index (χ2n) is 6.47. The first kappa shape index (κ1) is 16.3. The summed E-state index contributed by atoms with van der Waals surface area (Å²) in [5.41, 5.74) is -0.294. The largest absolute Gasteiger partial charge is 0.342 e. The predicted octanol–water partition coefficient (Wildman–Crippen LogP) is 2.71. The molecule has 0 aliphatic carbocycles. The van der Waals surface area contributed by atoms with Crippen molar-refractivity contribution in [3.8, 4) is 0 Å². The molecule has 2 atom stereocenters. The number of amides is 2. The Hall–Kier alpha value is -1.07. The van der Waals surface area contributed by atoms with Gasteiger partial charge in [0.1, 0.15) is 12.1 Å². The van der Waals surface area contributed by atoms with Crippen molar-refractivity contribution in [1.82, 2.24) is 10.2 Å². The molecule has 2 heterocycles. The molecule has 1 aliphatic heterocycles. The molecular weight excluding hydrogens is 308 g/mol. The van der Waals surface area contributed by atoms with E-state index in [1.165, 1.54) is 11.3 Å². The maximum atomic E-state index is 12.6. The maximum absolute atomic E-state index is 12.6. The van der Waals surface area contributed by atoms with Crippen molar-refractivity contribution in [2.24, 2.45) is 5.41 Å². The number of carbonyl (C=O) groups is 2. The molecule has 0 spiro atoms. The van der Waals surface area contributed by atoms with E-state index in [1.54, 1.807) is 11.8 Å². The number of carbonyl (C=O) groups excluding carboxylic acids is 2. The molecule has 2 amide bonds. The van der Waals surface area contributed by atoms with E-state index in [0.717, 1.165) is 15.6 Å². The van der Waals surface area contributed by atoms with Crippen LogP contribution in [-0.4, -0.2) is 35.3 Å². The monoisotopic (exact) mass is 328 g/mol. The molecule has 1 aromatic heterocycles. The van der Waals surface area contributed by atoms with E-state index < -0.39 is 12.1 Å². The van der Waals surface area contributed by atoms with Crippen molar-refractivity contribution in [3.63, 3.8) is 0 Å². The average molecular weight is 329 g/mol. The molecular formula is C15H21ClN2O2S. The van der Waals surface area contributed by atoms with Crippen molar-refractivity contribution < 1.29 is 9.59 Å². The van der Waals surface area contributed by atoms with Gasteiger partial charge in [0.25, 0.3) is 0 Å². The lowest BCUT2D eigenvalue weighted by Gasteiger charge is -2.42. The zero-order chi connectivity index (χ0) is 15.8. The van der Waals surface area contributed by atoms with Gasteiger partial charge in [-0.1, -0.05) is 32.4 Å². The highest BCUT2D eigenvalue weighted by atomic mass is 35.5. The number of piperazine rings is 1. The summed E-state index contributed by atoms with van der Waals surface area (Å²) in [6.45, 7) is 8.19. The fraction of sp³-hybridized carbons (Fsp3) is 0.600. The molecule has 1 N–H and O–H groups in total. The molecule has 2 unspecified atom stereocenters. The van der Waals surface area contributed by atoms with E-state index in [2.05, 4.69) is 5.32 Å². The lowest BCUT2D eigenvalue weighted by molar-refractivity contribution is -0.151. The van der Waals surface area contributed by atoms with Crippen LogP contribution in [0.15, 0.2) is 12.1 Å². The lowest BCUT2D eigenvalue weighted by Crippen LogP contribution is -2.66. The minimum absolute atomic E-state index is 0.00254. The van der Waals surface area contributed by atoms with Gasteiger partial charge in [-0.2, -0.15) is 0 Å². The summed E-state index contributed by atoms with van der Waals surface area (Å²) in [7, 11) is 0. The molecule has 0 radical (unpaired) electrons. The Morgan fingerprint density at radius 3 is 2.52 bits per heavy atom. The first-order valence-corrected chi connectivity index (χ1v) is 8.24. The fourth-order valence-electron chi connectivity index (χ4n) is 2.43. The second-order valence-corrected chi connectivity index (χ2v) is 8.27. The Morgan fingerprint density at radius 1 is 1.33 bits per heavy atom. The Kier molecular flexibility index (Phi) is 4.63. The molecule has 1 saturated heterocycles. The van der Waals surface area contributed by atoms with E-state index in [1.807, 2.05) is 32.9 Å². The Bertz CT molecular complexity index is 550. The van der Waals surface area contributed by atoms with Gasteiger partial charge in [-0.25, -0.2) is 0 Å². The highest BCUT2D eigenvalue weighted by molar-refractivity contribution is 7.16. The fourth-order valence-corrected chi connectivity index (χ4v) is 3.51. The first-order valence-electron chi connectivity index (χ1n) is 7.05. The van der Waals surface area contributed by atoms with Gasteiger partial charge in [-0.15, -0.1) is 11.3 Å². The van der Waals surface area contributed by atoms with Crippen molar-refractivity contribution in [2.75, 3.05) is 6.54 Å². The molecule has 1 aromatic rings. The van der Waals surface area contributed by atoms with Crippen LogP contribution in [0.3, 0.4) is 0 Å². The number of thiophene rings is 1. The van der Waals surface area contributed by atoms with Gasteiger partial charge in [0.05, 0.1) is 4.34 Å². The quantitative estimate of drug-likeness (QED) is 0.927. The highest BCUT2D eigenvalue weighted by Gasteiger charge is 2.43. The minimum atomic E-state index is -0.465. The molecule has 2 rings (SSSR count). The van der Waals surface area contributed by atoms with Crippen LogP contribution in [0.1, 0.15) is 32.6 Å². The van der Waals surface area contributed by atoms with Crippen LogP contribution in [0.2, 0.25) is 4.34 Å². The van der Waals surface area contributed by atoms with Gasteiger partial charge in [-0.05, 0) is 30.9 Å². The van der Waals surface area contributed by atoms with E-state index >= 15 is 0 Å². The number of hydrogen-bond acceptors (Lipinski definition) is 3. The number of nitrogens with zero attached hydrogens (tertiary/aromatic N) is 1. The maximum Gasteiger partial charge on any atom is 0.246 e. The van der Waals surface area contributed by atoms with Gasteiger partial charge >= 0.3 is 0 Å². The normalized spacial score (nSPS) is 23.4. The smallest absolute Gasteiger partial charge is 0.246 e. The van der Waals surface area contributed by atoms with Gasteiger partial charge in [-0.3, -0.25) is 9.59 Å². The summed E-state index contributed by atoms with van der Waals surface area (Å²) in [6, 6.07) is 2.93. The van der Waals surface area contributed by atoms with Crippen LogP contribution in [-0.2, 0) is 16.0 Å². The predicted molar refractivity (Wildman–Crippen MR) is 85.6 cm³/mol. The highest BCUT2D eigenvalue weighted by Crippen LogP contribution is 2.26. The summed E-state index contributed by atoms with van der Waals surface area (Å²) < 4.78 is 0.744. The Balaban J connectivity index is 2.11. The number of hydrogen-bond donors (Lipinski definition) is 1. The van der Waals surface area contributed by atoms with Crippen molar-refractivity contribution >= 4 is 34.8 Å². The van der Waals surface area contributed by atoms with Gasteiger partial charge in [0.2, 0.25) is 11.8 Å². The third-order valence-electron chi connectivity index (χ3n) is 3.76. The van der Waals surface area contributed by atoms with E-state index in [-0.39, 0.29) is 17.2 Å². The average Bonchev–Trinajstić information content (AvgIpc) is 2.78. The third-order valence-corrected chi connectivity index (χ3v) is 5.05. The summed E-state index contributed by atoms with van der Waals surface area (Å²) in [4.78, 5) is 27.5. The van der Waals surface area contributed by atoms with Crippen LogP contribution in [0.25, 0.3) is 0 Å². The second kappa shape index (κ2) is 5.97. The minimum Gasteiger partial charge on any atom is -0.342 e. The zero-order valence-corrected chi connectivity index (χ0v) is 14.3. The molecule has 4 nitrogen and oxygen atoms in total. The van der Waals surface area contributed by atoms with Gasteiger partial charge in [0, 0.05) is 11.4 Å². The molecule has 1 aliphatic rings. The number of halogens is 1. The van der Waals surface area contributed by atoms with Crippen LogP contribution in [0.4, 0.5) is 0 Å². The van der Waals surface area contributed by atoms with Gasteiger partial charge in [0.15, 0.2) is 0 Å². The standard InChI is InChI=1S/C15H21ClN2O2S/c1-9-13(19)17-12(15(2,3)4)14(20)18(9)8-7-10-5-6-11(16)21-10/h5-6,9,12H,7-8H2,1-4H3,(H,17,19). The molecule has 116 valence electrons. The van der Waals surface area contributed by atoms with Gasteiger partial charge < -0.3 is 10.2 Å². The van der Waals surface area contributed by atoms with Crippen LogP contribution >= 0.6 is 22.9 Å². The Labute approximate surface area is 134 Å². The summed E-state index contributed by atoms with van der Waals surface area (Å²) in [5, 5.41) is 2.84. The molecule has 6 heteroatoms. The number of nitrogens with one attached hydrogen (secondary N) is 1. The molecule has 1 fully saturated rings. The molecule has 0 saturated carbocycles. The summed E-state index contributed by atoms with van der Waals surface area (Å²) in [6.07, 6.45) is 0.720. The third kappa shape index (κ3) is 3.58. The molecule has 21 heavy (non-hydrogen) atoms. The summed E-state index contributed by atoms with van der Waals surface area (Å²) >= 11 is 7.43. The molecule has 0 bridgehead atoms. The summed E-state index contributed by atoms with van der Waals surface area (Å²) in [5.74, 6) is -0.0870. The molecule has 0 aromatic carbocycles. The SMILES string of the molecule is CC1C(=O)NC(C(C)(C)C)C(=O)N1CCc1ccc(Cl)s1. The van der Waals surface area contributed by atoms with Crippen molar-refractivity contribution in [3.05, 3.63) is 21.3 Å². The van der Waals surface area contributed by atoms with Crippen LogP contribution in [0.5, 0.6) is 0 Å². The zero-order valence-electron chi connectivity index (χ0n) is 12.8. The van der Waals surface area contributed by atoms with E-state index in [9.17, 15) is 9.59 Å². The Morgan fingerprint density at radius 2 is 2.00 bits per heavy atom.